The van der Waals surface area contributed by atoms with E-state index in [1.165, 1.54) is 0 Å². The van der Waals surface area contributed by atoms with Gasteiger partial charge in [0.1, 0.15) is 5.60 Å². The number of hydrogen-bond donors (Lipinski definition) is 2. The summed E-state index contributed by atoms with van der Waals surface area (Å²) in [6.45, 7) is 4.52. The monoisotopic (exact) mass is 174 g/mol. The Morgan fingerprint density at radius 3 is 2.58 bits per heavy atom. The van der Waals surface area contributed by atoms with Crippen molar-refractivity contribution in [3.8, 4) is 0 Å². The Morgan fingerprint density at radius 2 is 2.17 bits per heavy atom. The molecular weight excluding hydrogens is 156 g/mol. The molecule has 0 aromatic heterocycles. The van der Waals surface area contributed by atoms with Crippen LogP contribution in [0.25, 0.3) is 0 Å². The maximum absolute atomic E-state index is 10.8. The van der Waals surface area contributed by atoms with E-state index in [0.717, 1.165) is 13.0 Å². The van der Waals surface area contributed by atoms with E-state index in [1.807, 2.05) is 20.9 Å². The number of carbonyl (C=O) groups is 1. The van der Waals surface area contributed by atoms with Crippen LogP contribution in [0.5, 0.6) is 0 Å². The van der Waals surface area contributed by atoms with E-state index in [0.29, 0.717) is 0 Å². The molecule has 0 fully saturated rings. The van der Waals surface area contributed by atoms with Crippen LogP contribution in [0.1, 0.15) is 20.3 Å². The molecule has 72 valence electrons. The molecule has 12 heavy (non-hydrogen) atoms. The summed E-state index contributed by atoms with van der Waals surface area (Å²) in [5.41, 5.74) is 4.70. The first kappa shape index (κ1) is 11.4. The number of ether oxygens (including phenoxy) is 1. The first-order chi connectivity index (χ1) is 5.52. The molecule has 0 bridgehead atoms. The predicted molar refractivity (Wildman–Crippen MR) is 47.8 cm³/mol. The quantitative estimate of drug-likeness (QED) is 0.570. The molecule has 4 nitrogen and oxygen atoms in total. The van der Waals surface area contributed by atoms with Crippen molar-refractivity contribution in [2.45, 2.75) is 25.9 Å². The molecule has 0 saturated heterocycles. The second-order valence-corrected chi connectivity index (χ2v) is 3.29. The van der Waals surface area contributed by atoms with Crippen LogP contribution < -0.4 is 11.1 Å². The third kappa shape index (κ3) is 5.09. The van der Waals surface area contributed by atoms with E-state index in [-0.39, 0.29) is 12.5 Å². The third-order valence-corrected chi connectivity index (χ3v) is 1.53. The smallest absolute Gasteiger partial charge is 0.320 e. The molecule has 4 heteroatoms. The second-order valence-electron chi connectivity index (χ2n) is 3.29. The van der Waals surface area contributed by atoms with Crippen molar-refractivity contribution < 1.29 is 9.53 Å². The SMILES string of the molecule is CNCCC(C)(C)OC(=O)CN. The molecule has 0 unspecified atom stereocenters. The highest BCUT2D eigenvalue weighted by atomic mass is 16.6. The molecule has 0 aromatic rings. The number of rotatable bonds is 5. The van der Waals surface area contributed by atoms with Crippen molar-refractivity contribution in [3.63, 3.8) is 0 Å². The molecule has 3 N–H and O–H groups in total. The average molecular weight is 174 g/mol. The zero-order chi connectivity index (χ0) is 9.61. The topological polar surface area (TPSA) is 64.3 Å². The molecule has 0 radical (unpaired) electrons. The van der Waals surface area contributed by atoms with Crippen molar-refractivity contribution in [3.05, 3.63) is 0 Å². The van der Waals surface area contributed by atoms with Crippen molar-refractivity contribution >= 4 is 5.97 Å². The Morgan fingerprint density at radius 1 is 1.58 bits per heavy atom. The highest BCUT2D eigenvalue weighted by molar-refractivity contribution is 5.71. The number of nitrogens with two attached hydrogens (primary N) is 1. The van der Waals surface area contributed by atoms with Crippen LogP contribution in [0.4, 0.5) is 0 Å². The van der Waals surface area contributed by atoms with Crippen LogP contribution in [-0.2, 0) is 9.53 Å². The summed E-state index contributed by atoms with van der Waals surface area (Å²) in [6, 6.07) is 0. The van der Waals surface area contributed by atoms with E-state index >= 15 is 0 Å². The van der Waals surface area contributed by atoms with Crippen LogP contribution >= 0.6 is 0 Å². The molecule has 0 aromatic carbocycles. The van der Waals surface area contributed by atoms with E-state index in [9.17, 15) is 4.79 Å². The number of carbonyl (C=O) groups excluding carboxylic acids is 1. The van der Waals surface area contributed by atoms with E-state index in [4.69, 9.17) is 10.5 Å². The van der Waals surface area contributed by atoms with Gasteiger partial charge in [0.25, 0.3) is 0 Å². The van der Waals surface area contributed by atoms with Crippen LogP contribution in [-0.4, -0.2) is 31.7 Å². The summed E-state index contributed by atoms with van der Waals surface area (Å²) < 4.78 is 5.09. The average Bonchev–Trinajstić information content (AvgIpc) is 2.00. The summed E-state index contributed by atoms with van der Waals surface area (Å²) in [7, 11) is 1.86. The molecule has 0 aliphatic heterocycles. The third-order valence-electron chi connectivity index (χ3n) is 1.53. The minimum Gasteiger partial charge on any atom is -0.459 e. The first-order valence-electron chi connectivity index (χ1n) is 4.08. The Kier molecular flexibility index (Phi) is 4.85. The summed E-state index contributed by atoms with van der Waals surface area (Å²) in [5, 5.41) is 2.99. The van der Waals surface area contributed by atoms with Gasteiger partial charge >= 0.3 is 5.97 Å². The molecule has 0 spiro atoms. The van der Waals surface area contributed by atoms with E-state index < -0.39 is 5.60 Å². The largest absolute Gasteiger partial charge is 0.459 e. The Balaban J connectivity index is 3.77. The first-order valence-corrected chi connectivity index (χ1v) is 4.08. The number of esters is 1. The van der Waals surface area contributed by atoms with Crippen LogP contribution in [0.15, 0.2) is 0 Å². The second kappa shape index (κ2) is 5.11. The summed E-state index contributed by atoms with van der Waals surface area (Å²) in [4.78, 5) is 10.8. The van der Waals surface area contributed by atoms with Gasteiger partial charge in [-0.2, -0.15) is 0 Å². The fourth-order valence-corrected chi connectivity index (χ4v) is 0.827. The van der Waals surface area contributed by atoms with Crippen LogP contribution in [0.3, 0.4) is 0 Å². The number of nitrogens with one attached hydrogen (secondary N) is 1. The van der Waals surface area contributed by atoms with Gasteiger partial charge in [0.05, 0.1) is 6.54 Å². The van der Waals surface area contributed by atoms with Gasteiger partial charge in [-0.1, -0.05) is 0 Å². The van der Waals surface area contributed by atoms with Gasteiger partial charge in [0, 0.05) is 0 Å². The van der Waals surface area contributed by atoms with Crippen molar-refractivity contribution in [2.75, 3.05) is 20.1 Å². The van der Waals surface area contributed by atoms with Gasteiger partial charge in [-0.15, -0.1) is 0 Å². The minimum absolute atomic E-state index is 0.0526. The fraction of sp³-hybridized carbons (Fsp3) is 0.875. The highest BCUT2D eigenvalue weighted by Gasteiger charge is 2.20. The maximum atomic E-state index is 10.8. The van der Waals surface area contributed by atoms with Gasteiger partial charge in [-0.3, -0.25) is 4.79 Å². The number of hydrogen-bond acceptors (Lipinski definition) is 4. The van der Waals surface area contributed by atoms with Gasteiger partial charge in [0.15, 0.2) is 0 Å². The fourth-order valence-electron chi connectivity index (χ4n) is 0.827. The minimum atomic E-state index is -0.417. The zero-order valence-electron chi connectivity index (χ0n) is 8.02. The highest BCUT2D eigenvalue weighted by Crippen LogP contribution is 2.13. The lowest BCUT2D eigenvalue weighted by molar-refractivity contribution is -0.155. The van der Waals surface area contributed by atoms with Gasteiger partial charge < -0.3 is 15.8 Å². The molecule has 0 heterocycles. The van der Waals surface area contributed by atoms with Crippen LogP contribution in [0.2, 0.25) is 0 Å². The summed E-state index contributed by atoms with van der Waals surface area (Å²) in [6.07, 6.45) is 0.787. The normalized spacial score (nSPS) is 11.3. The summed E-state index contributed by atoms with van der Waals surface area (Å²) >= 11 is 0. The predicted octanol–water partition coefficient (Wildman–Crippen LogP) is -0.124. The lowest BCUT2D eigenvalue weighted by atomic mass is 10.1. The lowest BCUT2D eigenvalue weighted by Crippen LogP contribution is -2.34. The molecular formula is C8H18N2O2. The zero-order valence-corrected chi connectivity index (χ0v) is 8.02. The molecule has 0 rings (SSSR count). The maximum Gasteiger partial charge on any atom is 0.320 e. The van der Waals surface area contributed by atoms with Crippen molar-refractivity contribution in [2.24, 2.45) is 5.73 Å². The molecule has 0 saturated carbocycles. The molecule has 0 aliphatic carbocycles. The van der Waals surface area contributed by atoms with Crippen LogP contribution in [0, 0.1) is 0 Å². The Bertz CT molecular complexity index is 146. The Labute approximate surface area is 73.5 Å². The van der Waals surface area contributed by atoms with Crippen molar-refractivity contribution in [1.29, 1.82) is 0 Å². The lowest BCUT2D eigenvalue weighted by Gasteiger charge is -2.24. The van der Waals surface area contributed by atoms with Gasteiger partial charge in [-0.05, 0) is 33.9 Å². The molecule has 0 amide bonds. The van der Waals surface area contributed by atoms with E-state index in [1.54, 1.807) is 0 Å². The molecule has 0 atom stereocenters. The standard InChI is InChI=1S/C8H18N2O2/c1-8(2,4-5-10-3)12-7(11)6-9/h10H,4-6,9H2,1-3H3. The summed E-state index contributed by atoms with van der Waals surface area (Å²) in [5.74, 6) is -0.351. The van der Waals surface area contributed by atoms with Crippen molar-refractivity contribution in [1.82, 2.24) is 5.32 Å². The van der Waals surface area contributed by atoms with Gasteiger partial charge in [0.2, 0.25) is 0 Å². The Hall–Kier alpha value is -0.610. The molecule has 0 aliphatic rings. The van der Waals surface area contributed by atoms with Gasteiger partial charge in [-0.25, -0.2) is 0 Å². The van der Waals surface area contributed by atoms with E-state index in [2.05, 4.69) is 5.32 Å².